The highest BCUT2D eigenvalue weighted by atomic mass is 32.1. The first-order chi connectivity index (χ1) is 13.8. The molecule has 0 atom stereocenters. The van der Waals surface area contributed by atoms with Gasteiger partial charge in [-0.3, -0.25) is 14.6 Å². The Hall–Kier alpha value is -2.06. The molecule has 0 saturated carbocycles. The van der Waals surface area contributed by atoms with Crippen LogP contribution in [0.15, 0.2) is 47.9 Å². The highest BCUT2D eigenvalue weighted by Crippen LogP contribution is 2.29. The fourth-order valence-corrected chi connectivity index (χ4v) is 4.80. The van der Waals surface area contributed by atoms with Gasteiger partial charge >= 0.3 is 0 Å². The SMILES string of the molecule is O=C(C=Cc1cccs1)N(CCCN1CCOCC1)c1nc2ccccc2s1. The smallest absolute Gasteiger partial charge is 0.252 e. The average molecular weight is 414 g/mol. The van der Waals surface area contributed by atoms with Crippen LogP contribution in [0.2, 0.25) is 0 Å². The van der Waals surface area contributed by atoms with Gasteiger partial charge in [0, 0.05) is 37.1 Å². The lowest BCUT2D eigenvalue weighted by Gasteiger charge is -2.27. The number of carbonyl (C=O) groups is 1. The van der Waals surface area contributed by atoms with Crippen molar-refractivity contribution in [3.8, 4) is 0 Å². The first kappa shape index (κ1) is 19.3. The maximum atomic E-state index is 13.0. The number of morpholine rings is 1. The van der Waals surface area contributed by atoms with Crippen LogP contribution in [-0.4, -0.2) is 55.2 Å². The number of nitrogens with zero attached hydrogens (tertiary/aromatic N) is 3. The van der Waals surface area contributed by atoms with E-state index in [1.165, 1.54) is 0 Å². The van der Waals surface area contributed by atoms with Gasteiger partial charge in [-0.05, 0) is 36.1 Å². The van der Waals surface area contributed by atoms with Gasteiger partial charge in [-0.15, -0.1) is 11.3 Å². The van der Waals surface area contributed by atoms with Crippen molar-refractivity contribution in [1.29, 1.82) is 0 Å². The first-order valence-corrected chi connectivity index (χ1v) is 11.2. The molecule has 1 aromatic carbocycles. The molecule has 3 aromatic rings. The van der Waals surface area contributed by atoms with E-state index in [9.17, 15) is 4.79 Å². The third-order valence-corrected chi connectivity index (χ3v) is 6.57. The lowest BCUT2D eigenvalue weighted by Crippen LogP contribution is -2.39. The van der Waals surface area contributed by atoms with Crippen LogP contribution < -0.4 is 4.90 Å². The van der Waals surface area contributed by atoms with Crippen LogP contribution in [0.25, 0.3) is 16.3 Å². The quantitative estimate of drug-likeness (QED) is 0.547. The number of aromatic nitrogens is 1. The summed E-state index contributed by atoms with van der Waals surface area (Å²) in [6.45, 7) is 5.15. The third-order valence-electron chi connectivity index (χ3n) is 4.67. The predicted octanol–water partition coefficient (Wildman–Crippen LogP) is 4.13. The molecule has 0 radical (unpaired) electrons. The number of benzene rings is 1. The lowest BCUT2D eigenvalue weighted by molar-refractivity contribution is -0.114. The molecule has 0 bridgehead atoms. The molecule has 146 valence electrons. The molecule has 4 rings (SSSR count). The largest absolute Gasteiger partial charge is 0.379 e. The molecule has 0 spiro atoms. The molecule has 0 unspecified atom stereocenters. The molecule has 1 saturated heterocycles. The van der Waals surface area contributed by atoms with E-state index in [0.717, 1.165) is 59.5 Å². The van der Waals surface area contributed by atoms with Crippen LogP contribution in [0.3, 0.4) is 0 Å². The normalized spacial score (nSPS) is 15.4. The average Bonchev–Trinajstić information content (AvgIpc) is 3.39. The summed E-state index contributed by atoms with van der Waals surface area (Å²) in [5.74, 6) is -0.0190. The van der Waals surface area contributed by atoms with Gasteiger partial charge in [0.2, 0.25) is 0 Å². The van der Waals surface area contributed by atoms with E-state index >= 15 is 0 Å². The number of para-hydroxylation sites is 1. The van der Waals surface area contributed by atoms with E-state index in [2.05, 4.69) is 4.90 Å². The maximum absolute atomic E-state index is 13.0. The Morgan fingerprint density at radius 3 is 2.86 bits per heavy atom. The Bertz CT molecular complexity index is 897. The number of rotatable bonds is 7. The Kier molecular flexibility index (Phi) is 6.49. The Morgan fingerprint density at radius 1 is 1.21 bits per heavy atom. The number of thiophene rings is 1. The van der Waals surface area contributed by atoms with Crippen molar-refractivity contribution in [2.24, 2.45) is 0 Å². The molecule has 7 heteroatoms. The molecule has 1 amide bonds. The van der Waals surface area contributed by atoms with E-state index in [1.54, 1.807) is 28.7 Å². The van der Waals surface area contributed by atoms with E-state index < -0.39 is 0 Å². The monoisotopic (exact) mass is 413 g/mol. The van der Waals surface area contributed by atoms with Crippen LogP contribution in [0.1, 0.15) is 11.3 Å². The first-order valence-electron chi connectivity index (χ1n) is 9.48. The lowest BCUT2D eigenvalue weighted by atomic mass is 10.3. The predicted molar refractivity (Wildman–Crippen MR) is 117 cm³/mol. The number of fused-ring (bicyclic) bond motifs is 1. The third kappa shape index (κ3) is 4.86. The van der Waals surface area contributed by atoms with Crippen molar-refractivity contribution in [2.75, 3.05) is 44.3 Å². The number of anilines is 1. The van der Waals surface area contributed by atoms with Gasteiger partial charge in [-0.1, -0.05) is 29.5 Å². The molecule has 2 aromatic heterocycles. The van der Waals surface area contributed by atoms with Gasteiger partial charge in [0.05, 0.1) is 23.4 Å². The fourth-order valence-electron chi connectivity index (χ4n) is 3.18. The van der Waals surface area contributed by atoms with Crippen molar-refractivity contribution in [3.63, 3.8) is 0 Å². The number of ether oxygens (including phenoxy) is 1. The summed E-state index contributed by atoms with van der Waals surface area (Å²) in [5.41, 5.74) is 0.940. The summed E-state index contributed by atoms with van der Waals surface area (Å²) in [7, 11) is 0. The molecular weight excluding hydrogens is 390 g/mol. The van der Waals surface area contributed by atoms with Gasteiger partial charge in [-0.2, -0.15) is 0 Å². The second-order valence-electron chi connectivity index (χ2n) is 6.61. The summed E-state index contributed by atoms with van der Waals surface area (Å²) >= 11 is 3.20. The van der Waals surface area contributed by atoms with Crippen LogP contribution in [0.4, 0.5) is 5.13 Å². The zero-order valence-electron chi connectivity index (χ0n) is 15.6. The molecule has 1 fully saturated rings. The number of amides is 1. The molecular formula is C21H23N3O2S2. The number of hydrogen-bond acceptors (Lipinski definition) is 6. The molecule has 1 aliphatic rings. The van der Waals surface area contributed by atoms with E-state index in [-0.39, 0.29) is 5.91 Å². The summed E-state index contributed by atoms with van der Waals surface area (Å²) < 4.78 is 6.52. The van der Waals surface area contributed by atoms with Crippen molar-refractivity contribution >= 4 is 50.0 Å². The molecule has 0 aliphatic carbocycles. The molecule has 28 heavy (non-hydrogen) atoms. The molecule has 5 nitrogen and oxygen atoms in total. The number of carbonyl (C=O) groups excluding carboxylic acids is 1. The topological polar surface area (TPSA) is 45.7 Å². The van der Waals surface area contributed by atoms with E-state index in [4.69, 9.17) is 9.72 Å². The van der Waals surface area contributed by atoms with Crippen LogP contribution in [0.5, 0.6) is 0 Å². The number of thiazole rings is 1. The number of hydrogen-bond donors (Lipinski definition) is 0. The van der Waals surface area contributed by atoms with Gasteiger partial charge in [0.1, 0.15) is 0 Å². The van der Waals surface area contributed by atoms with Gasteiger partial charge in [-0.25, -0.2) is 4.98 Å². The minimum atomic E-state index is -0.0190. The second-order valence-corrected chi connectivity index (χ2v) is 8.60. The van der Waals surface area contributed by atoms with Crippen LogP contribution in [0, 0.1) is 0 Å². The van der Waals surface area contributed by atoms with Gasteiger partial charge < -0.3 is 4.74 Å². The highest BCUT2D eigenvalue weighted by Gasteiger charge is 2.18. The zero-order chi connectivity index (χ0) is 19.2. The van der Waals surface area contributed by atoms with Crippen molar-refractivity contribution in [2.45, 2.75) is 6.42 Å². The maximum Gasteiger partial charge on any atom is 0.252 e. The second kappa shape index (κ2) is 9.43. The van der Waals surface area contributed by atoms with Crippen molar-refractivity contribution < 1.29 is 9.53 Å². The summed E-state index contributed by atoms with van der Waals surface area (Å²) in [6, 6.07) is 12.0. The Labute approximate surface area is 172 Å². The Morgan fingerprint density at radius 2 is 2.07 bits per heavy atom. The van der Waals surface area contributed by atoms with Crippen molar-refractivity contribution in [3.05, 3.63) is 52.7 Å². The van der Waals surface area contributed by atoms with Gasteiger partial charge in [0.25, 0.3) is 5.91 Å². The summed E-state index contributed by atoms with van der Waals surface area (Å²) in [5, 5.41) is 2.78. The van der Waals surface area contributed by atoms with Crippen LogP contribution >= 0.6 is 22.7 Å². The molecule has 0 N–H and O–H groups in total. The molecule has 1 aliphatic heterocycles. The zero-order valence-corrected chi connectivity index (χ0v) is 17.3. The van der Waals surface area contributed by atoms with E-state index in [0.29, 0.717) is 6.54 Å². The minimum absolute atomic E-state index is 0.0190. The summed E-state index contributed by atoms with van der Waals surface area (Å²) in [6.07, 6.45) is 4.45. The van der Waals surface area contributed by atoms with E-state index in [1.807, 2.05) is 52.8 Å². The van der Waals surface area contributed by atoms with Gasteiger partial charge in [0.15, 0.2) is 5.13 Å². The fraction of sp³-hybridized carbons (Fsp3) is 0.333. The molecule has 3 heterocycles. The minimum Gasteiger partial charge on any atom is -0.379 e. The summed E-state index contributed by atoms with van der Waals surface area (Å²) in [4.78, 5) is 23.0. The van der Waals surface area contributed by atoms with Crippen LogP contribution in [-0.2, 0) is 9.53 Å². The standard InChI is InChI=1S/C21H23N3O2S2/c25-20(9-8-17-5-3-16-27-17)24(11-4-10-23-12-14-26-15-13-23)21-22-18-6-1-2-7-19(18)28-21/h1-3,5-9,16H,4,10-15H2. The highest BCUT2D eigenvalue weighted by molar-refractivity contribution is 7.22. The Balaban J connectivity index is 1.48. The van der Waals surface area contributed by atoms with Crippen molar-refractivity contribution in [1.82, 2.24) is 9.88 Å².